The molecule has 3 amide bonds. The molecule has 0 aliphatic carbocycles. The van der Waals surface area contributed by atoms with Crippen LogP contribution >= 0.6 is 0 Å². The van der Waals surface area contributed by atoms with Gasteiger partial charge in [-0.2, -0.15) is 0 Å². The fourth-order valence-electron chi connectivity index (χ4n) is 2.34. The molecule has 1 aromatic heterocycles. The Balaban J connectivity index is 2.97. The van der Waals surface area contributed by atoms with Crippen molar-refractivity contribution in [3.8, 4) is 0 Å². The highest BCUT2D eigenvalue weighted by Gasteiger charge is 2.37. The molecule has 12 heteroatoms. The highest BCUT2D eigenvalue weighted by molar-refractivity contribution is 6.03. The number of amides is 3. The number of aliphatic hydroxyl groups is 2. The molecule has 0 aliphatic rings. The van der Waals surface area contributed by atoms with Gasteiger partial charge < -0.3 is 32.1 Å². The van der Waals surface area contributed by atoms with Crippen LogP contribution in [0.1, 0.15) is 12.5 Å². The van der Waals surface area contributed by atoms with E-state index < -0.39 is 61.1 Å². The summed E-state index contributed by atoms with van der Waals surface area (Å²) >= 11 is 0. The van der Waals surface area contributed by atoms with Crippen LogP contribution in [0.5, 0.6) is 0 Å². The number of carboxylic acids is 1. The van der Waals surface area contributed by atoms with Crippen molar-refractivity contribution in [3.05, 3.63) is 30.1 Å². The lowest BCUT2D eigenvalue weighted by molar-refractivity contribution is -0.160. The second kappa shape index (κ2) is 11.2. The molecule has 1 heterocycles. The van der Waals surface area contributed by atoms with Gasteiger partial charge in [-0.15, -0.1) is 0 Å². The van der Waals surface area contributed by atoms with E-state index in [1.165, 1.54) is 19.3 Å². The van der Waals surface area contributed by atoms with E-state index in [0.717, 1.165) is 0 Å². The highest BCUT2D eigenvalue weighted by Crippen LogP contribution is 2.08. The number of aromatic nitrogens is 1. The smallest absolute Gasteiger partial charge is 0.329 e. The van der Waals surface area contributed by atoms with Crippen LogP contribution < -0.4 is 16.8 Å². The zero-order valence-electron chi connectivity index (χ0n) is 15.8. The van der Waals surface area contributed by atoms with Gasteiger partial charge in [-0.3, -0.25) is 24.3 Å². The zero-order valence-corrected chi connectivity index (χ0v) is 15.8. The number of nitrogens with zero attached hydrogens (tertiary/aromatic N) is 2. The first-order chi connectivity index (χ1) is 13.6. The van der Waals surface area contributed by atoms with Gasteiger partial charge in [0, 0.05) is 12.4 Å². The van der Waals surface area contributed by atoms with E-state index >= 15 is 0 Å². The summed E-state index contributed by atoms with van der Waals surface area (Å²) in [4.78, 5) is 52.5. The lowest BCUT2D eigenvalue weighted by Gasteiger charge is -2.28. The van der Waals surface area contributed by atoms with Gasteiger partial charge in [0.25, 0.3) is 0 Å². The van der Waals surface area contributed by atoms with Gasteiger partial charge in [-0.1, -0.05) is 6.07 Å². The number of aliphatic hydroxyl groups excluding tert-OH is 2. The summed E-state index contributed by atoms with van der Waals surface area (Å²) in [7, 11) is 0. The molecule has 4 atom stereocenters. The standard InChI is InChI=1S/C17H25N5O7/c1-9(24)14(19)15(26)21-7-13(25)22(12(8-23)17(28)29)16(27)11(18)5-10-3-2-4-20-6-10/h2-4,6,9,11-12,14,23-24H,5,7-8,18-19H2,1H3,(H,21,26)(H,28,29)/t9-,11-,12-,14-/m0/s1. The lowest BCUT2D eigenvalue weighted by atomic mass is 10.1. The number of rotatable bonds is 10. The minimum atomic E-state index is -1.89. The summed E-state index contributed by atoms with van der Waals surface area (Å²) in [5.74, 6) is -4.66. The van der Waals surface area contributed by atoms with Crippen LogP contribution in [0.3, 0.4) is 0 Å². The molecular formula is C17H25N5O7. The van der Waals surface area contributed by atoms with Crippen LogP contribution in [0.15, 0.2) is 24.5 Å². The van der Waals surface area contributed by atoms with E-state index in [1.807, 2.05) is 0 Å². The largest absolute Gasteiger partial charge is 0.480 e. The van der Waals surface area contributed by atoms with Crippen LogP contribution in [-0.2, 0) is 25.6 Å². The predicted molar refractivity (Wildman–Crippen MR) is 98.9 cm³/mol. The molecule has 0 saturated carbocycles. The predicted octanol–water partition coefficient (Wildman–Crippen LogP) is -3.42. The van der Waals surface area contributed by atoms with Crippen molar-refractivity contribution in [2.24, 2.45) is 11.5 Å². The molecular weight excluding hydrogens is 386 g/mol. The van der Waals surface area contributed by atoms with Crippen LogP contribution in [-0.4, -0.2) is 86.3 Å². The number of carboxylic acid groups (broad SMARTS) is 1. The van der Waals surface area contributed by atoms with Gasteiger partial charge in [0.05, 0.1) is 25.3 Å². The van der Waals surface area contributed by atoms with Gasteiger partial charge in [0.1, 0.15) is 6.04 Å². The molecule has 1 rings (SSSR count). The Bertz CT molecular complexity index is 728. The lowest BCUT2D eigenvalue weighted by Crippen LogP contribution is -2.58. The van der Waals surface area contributed by atoms with E-state index in [2.05, 4.69) is 10.3 Å². The first-order valence-electron chi connectivity index (χ1n) is 8.65. The van der Waals surface area contributed by atoms with Crippen molar-refractivity contribution >= 4 is 23.7 Å². The summed E-state index contributed by atoms with van der Waals surface area (Å²) < 4.78 is 0. The van der Waals surface area contributed by atoms with Crippen molar-refractivity contribution in [3.63, 3.8) is 0 Å². The Labute approximate surface area is 166 Å². The van der Waals surface area contributed by atoms with Gasteiger partial charge in [-0.05, 0) is 25.0 Å². The van der Waals surface area contributed by atoms with Crippen molar-refractivity contribution < 1.29 is 34.5 Å². The van der Waals surface area contributed by atoms with Crippen LogP contribution in [0.4, 0.5) is 0 Å². The number of nitrogens with one attached hydrogen (secondary N) is 1. The van der Waals surface area contributed by atoms with E-state index in [-0.39, 0.29) is 6.42 Å². The monoisotopic (exact) mass is 411 g/mol. The fourth-order valence-corrected chi connectivity index (χ4v) is 2.34. The van der Waals surface area contributed by atoms with Crippen molar-refractivity contribution in [1.29, 1.82) is 0 Å². The number of nitrogens with two attached hydrogens (primary N) is 2. The summed E-state index contributed by atoms with van der Waals surface area (Å²) in [6.45, 7) is -0.562. The molecule has 0 aromatic carbocycles. The third kappa shape index (κ3) is 6.87. The summed E-state index contributed by atoms with van der Waals surface area (Å²) in [5, 5.41) is 30.0. The maximum absolute atomic E-state index is 12.7. The summed E-state index contributed by atoms with van der Waals surface area (Å²) in [6.07, 6.45) is 1.74. The van der Waals surface area contributed by atoms with Gasteiger partial charge in [0.15, 0.2) is 6.04 Å². The first-order valence-corrected chi connectivity index (χ1v) is 8.65. The average molecular weight is 411 g/mol. The van der Waals surface area contributed by atoms with Crippen LogP contribution in [0.2, 0.25) is 0 Å². The molecule has 0 spiro atoms. The van der Waals surface area contributed by atoms with Gasteiger partial charge >= 0.3 is 5.97 Å². The quantitative estimate of drug-likeness (QED) is 0.224. The fraction of sp³-hybridized carbons (Fsp3) is 0.471. The zero-order chi connectivity index (χ0) is 22.1. The Morgan fingerprint density at radius 3 is 2.41 bits per heavy atom. The second-order valence-corrected chi connectivity index (χ2v) is 6.29. The van der Waals surface area contributed by atoms with E-state index in [4.69, 9.17) is 11.5 Å². The minimum absolute atomic E-state index is 0.0342. The number of carbonyl (C=O) groups excluding carboxylic acids is 3. The normalized spacial score (nSPS) is 14.9. The maximum Gasteiger partial charge on any atom is 0.329 e. The summed E-state index contributed by atoms with van der Waals surface area (Å²) in [6, 6.07) is -1.26. The molecule has 0 bridgehead atoms. The van der Waals surface area contributed by atoms with E-state index in [0.29, 0.717) is 10.5 Å². The molecule has 0 fully saturated rings. The summed E-state index contributed by atoms with van der Waals surface area (Å²) in [5.41, 5.74) is 11.9. The van der Waals surface area contributed by atoms with Gasteiger partial charge in [-0.25, -0.2) is 4.79 Å². The Morgan fingerprint density at radius 1 is 1.28 bits per heavy atom. The third-order valence-electron chi connectivity index (χ3n) is 4.01. The molecule has 160 valence electrons. The molecule has 0 saturated heterocycles. The van der Waals surface area contributed by atoms with Crippen molar-refractivity contribution in [1.82, 2.24) is 15.2 Å². The number of carbonyl (C=O) groups is 4. The molecule has 8 N–H and O–H groups in total. The number of hydrogen-bond acceptors (Lipinski definition) is 9. The second-order valence-electron chi connectivity index (χ2n) is 6.29. The van der Waals surface area contributed by atoms with Crippen LogP contribution in [0.25, 0.3) is 0 Å². The average Bonchev–Trinajstić information content (AvgIpc) is 2.68. The molecule has 0 aliphatic heterocycles. The van der Waals surface area contributed by atoms with Crippen molar-refractivity contribution in [2.75, 3.05) is 13.2 Å². The topological polar surface area (TPSA) is 209 Å². The van der Waals surface area contributed by atoms with Crippen molar-refractivity contribution in [2.45, 2.75) is 37.6 Å². The number of aliphatic carboxylic acids is 1. The van der Waals surface area contributed by atoms with E-state index in [9.17, 15) is 34.5 Å². The van der Waals surface area contributed by atoms with Crippen LogP contribution in [0, 0.1) is 0 Å². The molecule has 0 radical (unpaired) electrons. The molecule has 12 nitrogen and oxygen atoms in total. The first kappa shape index (κ1) is 24.1. The third-order valence-corrected chi connectivity index (χ3v) is 4.01. The number of pyridine rings is 1. The minimum Gasteiger partial charge on any atom is -0.480 e. The molecule has 0 unspecified atom stereocenters. The molecule has 1 aromatic rings. The highest BCUT2D eigenvalue weighted by atomic mass is 16.4. The number of imide groups is 1. The SMILES string of the molecule is C[C@H](O)[C@H](N)C(=O)NCC(=O)N(C(=O)[C@@H](N)Cc1cccnc1)[C@@H](CO)C(=O)O. The van der Waals surface area contributed by atoms with E-state index in [1.54, 1.807) is 12.1 Å². The Hall–Kier alpha value is -2.93. The Kier molecular flexibility index (Phi) is 9.28. The molecule has 29 heavy (non-hydrogen) atoms. The van der Waals surface area contributed by atoms with Gasteiger partial charge in [0.2, 0.25) is 17.7 Å². The Morgan fingerprint density at radius 2 is 1.93 bits per heavy atom. The number of hydrogen-bond donors (Lipinski definition) is 6. The maximum atomic E-state index is 12.7.